The molecule has 3 amide bonds. The van der Waals surface area contributed by atoms with Gasteiger partial charge < -0.3 is 10.1 Å². The van der Waals surface area contributed by atoms with E-state index in [-0.39, 0.29) is 11.8 Å². The second-order valence-corrected chi connectivity index (χ2v) is 6.96. The van der Waals surface area contributed by atoms with Crippen LogP contribution >= 0.6 is 23.1 Å². The molecule has 0 bridgehead atoms. The first-order chi connectivity index (χ1) is 12.0. The molecule has 0 aliphatic heterocycles. The summed E-state index contributed by atoms with van der Waals surface area (Å²) in [6, 6.07) is 1.23. The zero-order chi connectivity index (χ0) is 18.2. The number of imide groups is 1. The predicted octanol–water partition coefficient (Wildman–Crippen LogP) is 1.95. The number of carbonyl (C=O) groups excluding carboxylic acids is 3. The summed E-state index contributed by atoms with van der Waals surface area (Å²) >= 11 is 2.70. The Morgan fingerprint density at radius 1 is 1.36 bits per heavy atom. The molecule has 0 fully saturated rings. The molecule has 0 aliphatic carbocycles. The Morgan fingerprint density at radius 2 is 2.16 bits per heavy atom. The fourth-order valence-corrected chi connectivity index (χ4v) is 3.30. The molecular formula is C15H18N4O4S2. The summed E-state index contributed by atoms with van der Waals surface area (Å²) in [6.07, 6.45) is 2.18. The van der Waals surface area contributed by atoms with Crippen molar-refractivity contribution in [3.05, 3.63) is 17.8 Å². The van der Waals surface area contributed by atoms with Crippen molar-refractivity contribution in [3.63, 3.8) is 0 Å². The quantitative estimate of drug-likeness (QED) is 0.428. The normalized spacial score (nSPS) is 11.8. The summed E-state index contributed by atoms with van der Waals surface area (Å²) in [6.45, 7) is 3.22. The van der Waals surface area contributed by atoms with Gasteiger partial charge in [0.05, 0.1) is 5.75 Å². The number of thioether (sulfide) groups is 1. The molecule has 1 atom stereocenters. The van der Waals surface area contributed by atoms with Crippen molar-refractivity contribution < 1.29 is 19.1 Å². The number of hydrogen-bond donors (Lipinski definition) is 2. The van der Waals surface area contributed by atoms with Gasteiger partial charge in [0.25, 0.3) is 5.91 Å². The first-order valence-corrected chi connectivity index (χ1v) is 9.43. The average molecular weight is 382 g/mol. The van der Waals surface area contributed by atoms with E-state index >= 15 is 0 Å². The Hall–Kier alpha value is -2.20. The van der Waals surface area contributed by atoms with Crippen molar-refractivity contribution in [2.24, 2.45) is 0 Å². The Bertz CT molecular complexity index is 765. The third kappa shape index (κ3) is 5.98. The van der Waals surface area contributed by atoms with Crippen LogP contribution in [0.5, 0.6) is 0 Å². The lowest BCUT2D eigenvalue weighted by molar-refractivity contribution is -0.145. The first kappa shape index (κ1) is 19.1. The molecule has 2 aromatic heterocycles. The highest BCUT2D eigenvalue weighted by Crippen LogP contribution is 2.27. The maximum absolute atomic E-state index is 11.7. The molecular weight excluding hydrogens is 364 g/mol. The highest BCUT2D eigenvalue weighted by Gasteiger charge is 2.13. The number of ether oxygens (including phenoxy) is 1. The summed E-state index contributed by atoms with van der Waals surface area (Å²) in [4.78, 5) is 43.9. The lowest BCUT2D eigenvalue weighted by Crippen LogP contribution is -2.44. The summed E-state index contributed by atoms with van der Waals surface area (Å²) < 4.78 is 4.86. The Labute approximate surface area is 152 Å². The molecule has 25 heavy (non-hydrogen) atoms. The van der Waals surface area contributed by atoms with Crippen LogP contribution in [0, 0.1) is 0 Å². The molecule has 0 spiro atoms. The molecule has 2 rings (SSSR count). The van der Waals surface area contributed by atoms with Gasteiger partial charge in [0.15, 0.2) is 6.61 Å². The van der Waals surface area contributed by atoms with E-state index in [1.807, 2.05) is 25.3 Å². The number of fused-ring (bicyclic) bond motifs is 1. The Morgan fingerprint density at radius 3 is 2.92 bits per heavy atom. The zero-order valence-electron chi connectivity index (χ0n) is 13.8. The number of hydrogen-bond acceptors (Lipinski definition) is 8. The molecule has 2 heterocycles. The van der Waals surface area contributed by atoms with Crippen molar-refractivity contribution in [2.75, 3.05) is 12.4 Å². The molecule has 2 N–H and O–H groups in total. The van der Waals surface area contributed by atoms with Crippen molar-refractivity contribution in [1.29, 1.82) is 0 Å². The van der Waals surface area contributed by atoms with E-state index in [0.717, 1.165) is 16.6 Å². The van der Waals surface area contributed by atoms with Gasteiger partial charge in [-0.1, -0.05) is 18.7 Å². The van der Waals surface area contributed by atoms with Gasteiger partial charge in [0, 0.05) is 11.4 Å². The lowest BCUT2D eigenvalue weighted by atomic mass is 10.3. The minimum Gasteiger partial charge on any atom is -0.455 e. The van der Waals surface area contributed by atoms with Crippen LogP contribution in [-0.4, -0.2) is 46.3 Å². The van der Waals surface area contributed by atoms with E-state index in [9.17, 15) is 14.4 Å². The molecule has 0 aromatic carbocycles. The molecule has 10 heteroatoms. The standard InChI is InChI=1S/C15H18N4O4S2/c1-3-9(2)18-15(22)19-11(20)6-23-12(21)7-25-14-10-4-5-24-13(10)16-8-17-14/h4-5,8-9H,3,6-7H2,1-2H3,(H2,18,19,20,22)/t9-/m1/s1. The van der Waals surface area contributed by atoms with Gasteiger partial charge in [0.2, 0.25) is 0 Å². The highest BCUT2D eigenvalue weighted by atomic mass is 32.2. The van der Waals surface area contributed by atoms with Crippen molar-refractivity contribution in [2.45, 2.75) is 31.3 Å². The second kappa shape index (κ2) is 9.33. The van der Waals surface area contributed by atoms with Crippen LogP contribution in [0.25, 0.3) is 10.2 Å². The summed E-state index contributed by atoms with van der Waals surface area (Å²) in [5.41, 5.74) is 0. The largest absolute Gasteiger partial charge is 0.455 e. The minimum absolute atomic E-state index is 0.00824. The van der Waals surface area contributed by atoms with Crippen LogP contribution < -0.4 is 10.6 Å². The van der Waals surface area contributed by atoms with Crippen molar-refractivity contribution >= 4 is 51.2 Å². The third-order valence-electron chi connectivity index (χ3n) is 3.16. The number of nitrogens with one attached hydrogen (secondary N) is 2. The van der Waals surface area contributed by atoms with Crippen LogP contribution in [0.4, 0.5) is 4.79 Å². The van der Waals surface area contributed by atoms with E-state index in [1.54, 1.807) is 0 Å². The molecule has 0 radical (unpaired) electrons. The van der Waals surface area contributed by atoms with E-state index in [4.69, 9.17) is 4.74 Å². The van der Waals surface area contributed by atoms with Crippen LogP contribution in [0.2, 0.25) is 0 Å². The molecule has 0 unspecified atom stereocenters. The van der Waals surface area contributed by atoms with Crippen LogP contribution in [0.3, 0.4) is 0 Å². The van der Waals surface area contributed by atoms with Gasteiger partial charge in [-0.25, -0.2) is 14.8 Å². The number of esters is 1. The molecule has 0 saturated carbocycles. The maximum atomic E-state index is 11.7. The molecule has 8 nitrogen and oxygen atoms in total. The van der Waals surface area contributed by atoms with Gasteiger partial charge in [-0.15, -0.1) is 11.3 Å². The molecule has 134 valence electrons. The number of aromatic nitrogens is 2. The lowest BCUT2D eigenvalue weighted by Gasteiger charge is -2.11. The molecule has 0 aliphatic rings. The van der Waals surface area contributed by atoms with Crippen LogP contribution in [0.1, 0.15) is 20.3 Å². The number of carbonyl (C=O) groups is 3. The van der Waals surface area contributed by atoms with E-state index in [1.165, 1.54) is 29.4 Å². The van der Waals surface area contributed by atoms with Gasteiger partial charge in [0.1, 0.15) is 16.2 Å². The number of thiophene rings is 1. The van der Waals surface area contributed by atoms with E-state index in [0.29, 0.717) is 5.03 Å². The van der Waals surface area contributed by atoms with Gasteiger partial charge in [-0.05, 0) is 24.8 Å². The monoisotopic (exact) mass is 382 g/mol. The topological polar surface area (TPSA) is 110 Å². The maximum Gasteiger partial charge on any atom is 0.321 e. The SMILES string of the molecule is CC[C@@H](C)NC(=O)NC(=O)COC(=O)CSc1ncnc2sccc12. The van der Waals surface area contributed by atoms with E-state index in [2.05, 4.69) is 20.6 Å². The first-order valence-electron chi connectivity index (χ1n) is 7.56. The summed E-state index contributed by atoms with van der Waals surface area (Å²) in [5.74, 6) is -1.24. The number of nitrogens with zero attached hydrogens (tertiary/aromatic N) is 2. The third-order valence-corrected chi connectivity index (χ3v) is 4.96. The smallest absolute Gasteiger partial charge is 0.321 e. The predicted molar refractivity (Wildman–Crippen MR) is 95.5 cm³/mol. The van der Waals surface area contributed by atoms with Crippen LogP contribution in [-0.2, 0) is 14.3 Å². The van der Waals surface area contributed by atoms with Gasteiger partial charge >= 0.3 is 12.0 Å². The number of rotatable bonds is 7. The fraction of sp³-hybridized carbons (Fsp3) is 0.400. The molecule has 2 aromatic rings. The molecule has 0 saturated heterocycles. The summed E-state index contributed by atoms with van der Waals surface area (Å²) in [7, 11) is 0. The Balaban J connectivity index is 1.73. The second-order valence-electron chi connectivity index (χ2n) is 5.10. The highest BCUT2D eigenvalue weighted by molar-refractivity contribution is 8.00. The number of urea groups is 1. The van der Waals surface area contributed by atoms with Crippen molar-refractivity contribution in [1.82, 2.24) is 20.6 Å². The van der Waals surface area contributed by atoms with Gasteiger partial charge in [-0.3, -0.25) is 14.9 Å². The van der Waals surface area contributed by atoms with Crippen molar-refractivity contribution in [3.8, 4) is 0 Å². The van der Waals surface area contributed by atoms with Gasteiger partial charge in [-0.2, -0.15) is 0 Å². The van der Waals surface area contributed by atoms with E-state index < -0.39 is 24.5 Å². The fourth-order valence-electron chi connectivity index (χ4n) is 1.72. The zero-order valence-corrected chi connectivity index (χ0v) is 15.4. The number of amides is 3. The average Bonchev–Trinajstić information content (AvgIpc) is 3.07. The summed E-state index contributed by atoms with van der Waals surface area (Å²) in [5, 5.41) is 8.14. The van der Waals surface area contributed by atoms with Crippen LogP contribution in [0.15, 0.2) is 22.8 Å². The Kier molecular flexibility index (Phi) is 7.14. The minimum atomic E-state index is -0.679.